The molecule has 0 amide bonds. The zero-order valence-electron chi connectivity index (χ0n) is 10.0. The Labute approximate surface area is 94.7 Å². The first kappa shape index (κ1) is 11.0. The molecule has 0 heterocycles. The van der Waals surface area contributed by atoms with Crippen molar-refractivity contribution in [3.05, 3.63) is 22.3 Å². The van der Waals surface area contributed by atoms with Gasteiger partial charge in [-0.1, -0.05) is 13.8 Å². The lowest BCUT2D eigenvalue weighted by molar-refractivity contribution is 0.0978. The zero-order chi connectivity index (χ0) is 12.2. The van der Waals surface area contributed by atoms with E-state index in [2.05, 4.69) is 0 Å². The van der Waals surface area contributed by atoms with E-state index in [1.807, 2.05) is 13.8 Å². The predicted molar refractivity (Wildman–Crippen MR) is 61.2 cm³/mol. The molecule has 0 unspecified atom stereocenters. The molecular weight excluding hydrogens is 204 g/mol. The number of hydrogen-bond donors (Lipinski definition) is 2. The first-order chi connectivity index (χ1) is 7.27. The molecule has 0 radical (unpaired) electrons. The number of benzene rings is 1. The lowest BCUT2D eigenvalue weighted by atomic mass is 9.82. The fraction of sp³-hybridized carbons (Fsp3) is 0.462. The molecule has 2 N–H and O–H groups in total. The molecule has 86 valence electrons. The highest BCUT2D eigenvalue weighted by Gasteiger charge is 2.40. The molecule has 1 aliphatic rings. The zero-order valence-corrected chi connectivity index (χ0v) is 10.0. The maximum atomic E-state index is 11.9. The van der Waals surface area contributed by atoms with E-state index >= 15 is 0 Å². The summed E-state index contributed by atoms with van der Waals surface area (Å²) in [5.74, 6) is -0.211. The van der Waals surface area contributed by atoms with Crippen molar-refractivity contribution >= 4 is 5.78 Å². The lowest BCUT2D eigenvalue weighted by Gasteiger charge is -2.22. The fourth-order valence-electron chi connectivity index (χ4n) is 2.74. The summed E-state index contributed by atoms with van der Waals surface area (Å²) >= 11 is 0. The summed E-state index contributed by atoms with van der Waals surface area (Å²) in [5, 5.41) is 19.5. The summed E-state index contributed by atoms with van der Waals surface area (Å²) in [6.45, 7) is 7.39. The van der Waals surface area contributed by atoms with Crippen molar-refractivity contribution in [2.45, 2.75) is 39.5 Å². The van der Waals surface area contributed by atoms with Crippen LogP contribution in [-0.2, 0) is 5.41 Å². The van der Waals surface area contributed by atoms with Gasteiger partial charge in [-0.25, -0.2) is 0 Å². The molecule has 0 spiro atoms. The molecule has 0 atom stereocenters. The van der Waals surface area contributed by atoms with Gasteiger partial charge in [-0.3, -0.25) is 4.79 Å². The van der Waals surface area contributed by atoms with Gasteiger partial charge in [-0.15, -0.1) is 0 Å². The molecule has 0 aliphatic heterocycles. The average molecular weight is 220 g/mol. The Hall–Kier alpha value is -1.51. The minimum absolute atomic E-state index is 0.0518. The third kappa shape index (κ3) is 1.17. The van der Waals surface area contributed by atoms with Gasteiger partial charge in [-0.05, 0) is 30.4 Å². The minimum Gasteiger partial charge on any atom is -0.504 e. The van der Waals surface area contributed by atoms with E-state index in [1.165, 1.54) is 0 Å². The number of phenols is 2. The van der Waals surface area contributed by atoms with Gasteiger partial charge in [0.05, 0.1) is 0 Å². The van der Waals surface area contributed by atoms with Crippen molar-refractivity contribution < 1.29 is 15.0 Å². The lowest BCUT2D eigenvalue weighted by Crippen LogP contribution is -2.14. The van der Waals surface area contributed by atoms with Crippen molar-refractivity contribution in [1.29, 1.82) is 0 Å². The monoisotopic (exact) mass is 220 g/mol. The Morgan fingerprint density at radius 3 is 2.12 bits per heavy atom. The van der Waals surface area contributed by atoms with Crippen LogP contribution in [0.5, 0.6) is 11.5 Å². The third-order valence-electron chi connectivity index (χ3n) is 3.49. The largest absolute Gasteiger partial charge is 0.504 e. The van der Waals surface area contributed by atoms with E-state index in [9.17, 15) is 15.0 Å². The highest BCUT2D eigenvalue weighted by molar-refractivity contribution is 6.04. The van der Waals surface area contributed by atoms with Gasteiger partial charge in [0.1, 0.15) is 0 Å². The van der Waals surface area contributed by atoms with Crippen LogP contribution in [-0.4, -0.2) is 16.0 Å². The Bertz CT molecular complexity index is 499. The number of hydrogen-bond acceptors (Lipinski definition) is 3. The molecule has 0 saturated carbocycles. The van der Waals surface area contributed by atoms with Crippen molar-refractivity contribution in [2.75, 3.05) is 0 Å². The second-order valence-corrected chi connectivity index (χ2v) is 5.18. The fourth-order valence-corrected chi connectivity index (χ4v) is 2.74. The first-order valence-corrected chi connectivity index (χ1v) is 5.36. The van der Waals surface area contributed by atoms with Crippen LogP contribution >= 0.6 is 0 Å². The van der Waals surface area contributed by atoms with Crippen molar-refractivity contribution in [3.8, 4) is 11.5 Å². The molecule has 3 heteroatoms. The summed E-state index contributed by atoms with van der Waals surface area (Å²) in [7, 11) is 0. The van der Waals surface area contributed by atoms with Gasteiger partial charge in [0.25, 0.3) is 0 Å². The summed E-state index contributed by atoms with van der Waals surface area (Å²) in [6.07, 6.45) is 0.437. The predicted octanol–water partition coefficient (Wildman–Crippen LogP) is 2.58. The van der Waals surface area contributed by atoms with Crippen molar-refractivity contribution in [1.82, 2.24) is 0 Å². The van der Waals surface area contributed by atoms with E-state index in [4.69, 9.17) is 0 Å². The van der Waals surface area contributed by atoms with Crippen LogP contribution in [0.1, 0.15) is 47.3 Å². The van der Waals surface area contributed by atoms with E-state index in [0.29, 0.717) is 23.1 Å². The van der Waals surface area contributed by atoms with Gasteiger partial charge in [0, 0.05) is 17.5 Å². The van der Waals surface area contributed by atoms with E-state index < -0.39 is 0 Å². The molecular formula is C13H16O3. The molecule has 2 rings (SSSR count). The number of ketones is 1. The van der Waals surface area contributed by atoms with E-state index in [0.717, 1.165) is 5.56 Å². The van der Waals surface area contributed by atoms with E-state index in [-0.39, 0.29) is 22.7 Å². The normalized spacial score (nSPS) is 17.6. The number of fused-ring (bicyclic) bond motifs is 1. The summed E-state index contributed by atoms with van der Waals surface area (Å²) < 4.78 is 0. The number of carbonyl (C=O) groups excluding carboxylic acids is 1. The minimum atomic E-state index is -0.258. The molecule has 1 aromatic rings. The SMILES string of the molecule is Cc1c(O)c(O)c(C)c2c1C(=O)CC2(C)C. The molecule has 1 aliphatic carbocycles. The van der Waals surface area contributed by atoms with Crippen molar-refractivity contribution in [3.63, 3.8) is 0 Å². The third-order valence-corrected chi connectivity index (χ3v) is 3.49. The Morgan fingerprint density at radius 2 is 1.56 bits per heavy atom. The van der Waals surface area contributed by atoms with Gasteiger partial charge in [-0.2, -0.15) is 0 Å². The quantitative estimate of drug-likeness (QED) is 0.661. The number of aromatic hydroxyl groups is 2. The number of phenolic OH excluding ortho intramolecular Hbond substituents is 2. The van der Waals surface area contributed by atoms with E-state index in [1.54, 1.807) is 13.8 Å². The van der Waals surface area contributed by atoms with Crippen LogP contribution < -0.4 is 0 Å². The summed E-state index contributed by atoms with van der Waals surface area (Å²) in [4.78, 5) is 11.9. The van der Waals surface area contributed by atoms with Crippen molar-refractivity contribution in [2.24, 2.45) is 0 Å². The van der Waals surface area contributed by atoms with Crippen LogP contribution in [0.2, 0.25) is 0 Å². The number of rotatable bonds is 0. The number of Topliss-reactive ketones (excluding diaryl/α,β-unsaturated/α-hetero) is 1. The first-order valence-electron chi connectivity index (χ1n) is 5.36. The highest BCUT2D eigenvalue weighted by Crippen LogP contribution is 2.48. The molecule has 0 fully saturated rings. The maximum Gasteiger partial charge on any atom is 0.164 e. The van der Waals surface area contributed by atoms with Crippen LogP contribution in [0.15, 0.2) is 0 Å². The second kappa shape index (κ2) is 3.00. The van der Waals surface area contributed by atoms with Crippen LogP contribution in [0.4, 0.5) is 0 Å². The smallest absolute Gasteiger partial charge is 0.164 e. The van der Waals surface area contributed by atoms with Crippen LogP contribution in [0.25, 0.3) is 0 Å². The van der Waals surface area contributed by atoms with Gasteiger partial charge < -0.3 is 10.2 Å². The molecule has 16 heavy (non-hydrogen) atoms. The maximum absolute atomic E-state index is 11.9. The molecule has 0 aromatic heterocycles. The Balaban J connectivity index is 2.91. The standard InChI is InChI=1S/C13H16O3/c1-6-9-8(14)5-13(3,4)10(9)7(2)12(16)11(6)15/h15-16H,5H2,1-4H3. The van der Waals surface area contributed by atoms with Crippen LogP contribution in [0, 0.1) is 13.8 Å². The average Bonchev–Trinajstić information content (AvgIpc) is 2.42. The second-order valence-electron chi connectivity index (χ2n) is 5.18. The van der Waals surface area contributed by atoms with Gasteiger partial charge in [0.15, 0.2) is 17.3 Å². The molecule has 0 saturated heterocycles. The summed E-state index contributed by atoms with van der Waals surface area (Å²) in [6, 6.07) is 0. The Kier molecular flexibility index (Phi) is 2.06. The van der Waals surface area contributed by atoms with Crippen LogP contribution in [0.3, 0.4) is 0 Å². The molecule has 0 bridgehead atoms. The summed E-state index contributed by atoms with van der Waals surface area (Å²) in [5.41, 5.74) is 2.33. The topological polar surface area (TPSA) is 57.5 Å². The Morgan fingerprint density at radius 1 is 1.06 bits per heavy atom. The molecule has 3 nitrogen and oxygen atoms in total. The number of carbonyl (C=O) groups is 1. The van der Waals surface area contributed by atoms with Gasteiger partial charge in [0.2, 0.25) is 0 Å². The van der Waals surface area contributed by atoms with Gasteiger partial charge >= 0.3 is 0 Å². The highest BCUT2D eigenvalue weighted by atomic mass is 16.3. The molecule has 1 aromatic carbocycles.